The van der Waals surface area contributed by atoms with Crippen molar-refractivity contribution in [3.8, 4) is 0 Å². The monoisotopic (exact) mass is 1440 g/mol. The summed E-state index contributed by atoms with van der Waals surface area (Å²) in [6, 6.07) is 0. The average molecular weight is 1440 g/mol. The van der Waals surface area contributed by atoms with Crippen molar-refractivity contribution in [2.75, 3.05) is 39.6 Å². The molecule has 0 fully saturated rings. The first-order valence-electron chi connectivity index (χ1n) is 41.1. The van der Waals surface area contributed by atoms with Gasteiger partial charge in [0.05, 0.1) is 26.4 Å². The topological polar surface area (TPSA) is 237 Å². The lowest BCUT2D eigenvalue weighted by atomic mass is 10.0. The van der Waals surface area contributed by atoms with Crippen LogP contribution < -0.4 is 0 Å². The number of rotatable bonds is 79. The molecule has 0 saturated carbocycles. The molecule has 0 aliphatic carbocycles. The predicted octanol–water partition coefficient (Wildman–Crippen LogP) is 23.6. The molecule has 582 valence electrons. The lowest BCUT2D eigenvalue weighted by Crippen LogP contribution is -2.30. The van der Waals surface area contributed by atoms with Crippen molar-refractivity contribution in [1.29, 1.82) is 0 Å². The van der Waals surface area contributed by atoms with Crippen LogP contribution in [-0.4, -0.2) is 96.7 Å². The number of phosphoric ester groups is 2. The van der Waals surface area contributed by atoms with Gasteiger partial charge in [0.2, 0.25) is 0 Å². The van der Waals surface area contributed by atoms with Crippen molar-refractivity contribution in [2.24, 2.45) is 5.92 Å². The van der Waals surface area contributed by atoms with Crippen molar-refractivity contribution < 1.29 is 80.2 Å². The highest BCUT2D eigenvalue weighted by Crippen LogP contribution is 2.45. The zero-order chi connectivity index (χ0) is 71.9. The van der Waals surface area contributed by atoms with Crippen LogP contribution in [0.25, 0.3) is 0 Å². The zero-order valence-corrected chi connectivity index (χ0v) is 65.7. The van der Waals surface area contributed by atoms with Gasteiger partial charge in [0.15, 0.2) is 12.2 Å². The Bertz CT molecular complexity index is 1870. The van der Waals surface area contributed by atoms with Crippen LogP contribution in [0.15, 0.2) is 0 Å². The van der Waals surface area contributed by atoms with E-state index in [0.29, 0.717) is 25.7 Å². The van der Waals surface area contributed by atoms with Crippen LogP contribution in [0.3, 0.4) is 0 Å². The first kappa shape index (κ1) is 96.1. The number of unbranched alkanes of at least 4 members (excludes halogenated alkanes) is 51. The smallest absolute Gasteiger partial charge is 0.462 e. The van der Waals surface area contributed by atoms with Crippen LogP contribution >= 0.6 is 15.6 Å². The van der Waals surface area contributed by atoms with Crippen LogP contribution in [0.1, 0.15) is 420 Å². The molecule has 98 heavy (non-hydrogen) atoms. The molecular formula is C79H154O17P2. The Morgan fingerprint density at radius 1 is 0.276 bits per heavy atom. The van der Waals surface area contributed by atoms with Gasteiger partial charge in [-0.15, -0.1) is 0 Å². The molecule has 3 N–H and O–H groups in total. The van der Waals surface area contributed by atoms with Crippen LogP contribution in [0, 0.1) is 5.92 Å². The van der Waals surface area contributed by atoms with E-state index in [1.165, 1.54) is 244 Å². The summed E-state index contributed by atoms with van der Waals surface area (Å²) in [5, 5.41) is 10.6. The fourth-order valence-corrected chi connectivity index (χ4v) is 13.8. The van der Waals surface area contributed by atoms with Gasteiger partial charge in [-0.2, -0.15) is 0 Å². The van der Waals surface area contributed by atoms with E-state index in [0.717, 1.165) is 95.8 Å². The molecule has 0 aliphatic heterocycles. The van der Waals surface area contributed by atoms with Gasteiger partial charge in [-0.1, -0.05) is 369 Å². The Morgan fingerprint density at radius 2 is 0.469 bits per heavy atom. The number of phosphoric acid groups is 2. The first-order chi connectivity index (χ1) is 47.5. The molecule has 5 atom stereocenters. The third-order valence-electron chi connectivity index (χ3n) is 18.5. The van der Waals surface area contributed by atoms with E-state index in [1.54, 1.807) is 0 Å². The van der Waals surface area contributed by atoms with Gasteiger partial charge in [-0.25, -0.2) is 9.13 Å². The highest BCUT2D eigenvalue weighted by molar-refractivity contribution is 7.47. The van der Waals surface area contributed by atoms with Crippen LogP contribution in [0.4, 0.5) is 0 Å². The lowest BCUT2D eigenvalue weighted by Gasteiger charge is -2.21. The minimum Gasteiger partial charge on any atom is -0.462 e. The number of aliphatic hydroxyl groups is 1. The van der Waals surface area contributed by atoms with Crippen molar-refractivity contribution in [1.82, 2.24) is 0 Å². The molecule has 0 aromatic heterocycles. The van der Waals surface area contributed by atoms with Crippen LogP contribution in [0.2, 0.25) is 0 Å². The summed E-state index contributed by atoms with van der Waals surface area (Å²) in [5.74, 6) is -1.30. The second-order valence-corrected chi connectivity index (χ2v) is 31.8. The van der Waals surface area contributed by atoms with Crippen LogP contribution in [-0.2, 0) is 65.4 Å². The summed E-state index contributed by atoms with van der Waals surface area (Å²) in [7, 11) is -9.91. The number of hydrogen-bond acceptors (Lipinski definition) is 15. The molecule has 0 aromatic rings. The number of aliphatic hydroxyl groups excluding tert-OH is 1. The van der Waals surface area contributed by atoms with Crippen molar-refractivity contribution in [3.63, 3.8) is 0 Å². The third kappa shape index (κ3) is 72.4. The number of carbonyl (C=O) groups is 4. The summed E-state index contributed by atoms with van der Waals surface area (Å²) in [5.41, 5.74) is 0. The molecule has 0 heterocycles. The van der Waals surface area contributed by atoms with Crippen LogP contribution in [0.5, 0.6) is 0 Å². The van der Waals surface area contributed by atoms with Gasteiger partial charge in [-0.3, -0.25) is 37.3 Å². The highest BCUT2D eigenvalue weighted by atomic mass is 31.2. The molecule has 0 saturated heterocycles. The standard InChI is InChI=1S/C79H154O17P2/c1-6-9-12-15-18-21-24-26-30-35-38-43-48-53-58-63-77(82)90-69-75(96-79(84)65-60-55-50-45-40-36-32-29-28-31-33-37-41-46-51-56-61-72(4)5)71-94-98(87,88)92-67-73(80)66-91-97(85,86)93-70-74(68-89-76(81)62-57-52-47-42-23-20-17-14-11-8-3)95-78(83)64-59-54-49-44-39-34-27-25-22-19-16-13-10-7-2/h72-75,80H,6-71H2,1-5H3,(H,85,86)(H,87,88)/t73-,74+,75+/m0/s1. The molecular weight excluding hydrogens is 1280 g/mol. The summed E-state index contributed by atoms with van der Waals surface area (Å²) in [4.78, 5) is 72.9. The van der Waals surface area contributed by atoms with E-state index in [9.17, 15) is 43.2 Å². The summed E-state index contributed by atoms with van der Waals surface area (Å²) >= 11 is 0. The highest BCUT2D eigenvalue weighted by Gasteiger charge is 2.30. The lowest BCUT2D eigenvalue weighted by molar-refractivity contribution is -0.161. The molecule has 0 spiro atoms. The predicted molar refractivity (Wildman–Crippen MR) is 400 cm³/mol. The van der Waals surface area contributed by atoms with E-state index in [1.807, 2.05) is 0 Å². The summed E-state index contributed by atoms with van der Waals surface area (Å²) in [6.45, 7) is 7.35. The maximum Gasteiger partial charge on any atom is 0.472 e. The largest absolute Gasteiger partial charge is 0.472 e. The molecule has 19 heteroatoms. The van der Waals surface area contributed by atoms with Gasteiger partial charge in [0.25, 0.3) is 0 Å². The maximum absolute atomic E-state index is 13.1. The second kappa shape index (κ2) is 72.0. The van der Waals surface area contributed by atoms with E-state index < -0.39 is 97.5 Å². The fourth-order valence-electron chi connectivity index (χ4n) is 12.2. The Hall–Kier alpha value is -1.94. The van der Waals surface area contributed by atoms with E-state index in [4.69, 9.17) is 37.0 Å². The summed E-state index contributed by atoms with van der Waals surface area (Å²) < 4.78 is 68.6. The minimum atomic E-state index is -4.96. The molecule has 2 unspecified atom stereocenters. The van der Waals surface area contributed by atoms with Gasteiger partial charge < -0.3 is 33.8 Å². The average Bonchev–Trinajstić information content (AvgIpc) is 1.01. The van der Waals surface area contributed by atoms with Crippen molar-refractivity contribution in [3.05, 3.63) is 0 Å². The Balaban J connectivity index is 5.23. The number of esters is 4. The Labute approximate surface area is 600 Å². The number of carbonyl (C=O) groups excluding carboxylic acids is 4. The summed E-state index contributed by atoms with van der Waals surface area (Å²) in [6.07, 6.45) is 62.3. The molecule has 0 aliphatic rings. The van der Waals surface area contributed by atoms with E-state index in [2.05, 4.69) is 34.6 Å². The zero-order valence-electron chi connectivity index (χ0n) is 63.9. The van der Waals surface area contributed by atoms with E-state index >= 15 is 0 Å². The second-order valence-electron chi connectivity index (χ2n) is 28.9. The quantitative estimate of drug-likeness (QED) is 0.0222. The van der Waals surface area contributed by atoms with Gasteiger partial charge in [0.1, 0.15) is 19.3 Å². The van der Waals surface area contributed by atoms with Crippen molar-refractivity contribution >= 4 is 39.5 Å². The molecule has 0 aromatic carbocycles. The molecule has 17 nitrogen and oxygen atoms in total. The SMILES string of the molecule is CCCCCCCCCCCCCCCCCC(=O)OC[C@H](COP(=O)(O)OC[C@@H](O)COP(=O)(O)OC[C@@H](COC(=O)CCCCCCCCCCCC)OC(=O)CCCCCCCCCCCCCCCC)OC(=O)CCCCCCCCCCCCCCCCCCC(C)C. The number of ether oxygens (including phenoxy) is 4. The Kier molecular flexibility index (Phi) is 70.6. The van der Waals surface area contributed by atoms with Gasteiger partial charge >= 0.3 is 39.5 Å². The molecule has 0 bridgehead atoms. The molecule has 0 amide bonds. The minimum absolute atomic E-state index is 0.108. The third-order valence-corrected chi connectivity index (χ3v) is 20.4. The van der Waals surface area contributed by atoms with Crippen molar-refractivity contribution in [2.45, 2.75) is 438 Å². The van der Waals surface area contributed by atoms with Gasteiger partial charge in [0, 0.05) is 25.7 Å². The van der Waals surface area contributed by atoms with Gasteiger partial charge in [-0.05, 0) is 31.6 Å². The maximum atomic E-state index is 13.1. The first-order valence-corrected chi connectivity index (χ1v) is 44.1. The normalized spacial score (nSPS) is 13.9. The van der Waals surface area contributed by atoms with E-state index in [-0.39, 0.29) is 25.7 Å². The number of hydrogen-bond donors (Lipinski definition) is 3. The fraction of sp³-hybridized carbons (Fsp3) is 0.949. The molecule has 0 rings (SSSR count). The molecule has 0 radical (unpaired) electrons. The Morgan fingerprint density at radius 3 is 0.694 bits per heavy atom.